The van der Waals surface area contributed by atoms with Crippen molar-refractivity contribution in [1.29, 1.82) is 0 Å². The lowest BCUT2D eigenvalue weighted by Gasteiger charge is -2.31. The topological polar surface area (TPSA) is 77.0 Å². The number of aryl methyl sites for hydroxylation is 1. The van der Waals surface area contributed by atoms with E-state index in [1.807, 2.05) is 34.7 Å². The SMILES string of the molecule is CCc1nccn1-c1ccc(C(=O)N2CCC[C@@H](c3ncc(Cc4ccc(F)cc4)o3)C2)cn1. The molecule has 5 rings (SSSR count). The van der Waals surface area contributed by atoms with E-state index in [-0.39, 0.29) is 17.6 Å². The number of imidazole rings is 1. The molecule has 1 aromatic carbocycles. The van der Waals surface area contributed by atoms with E-state index < -0.39 is 0 Å². The Hall–Kier alpha value is -3.81. The summed E-state index contributed by atoms with van der Waals surface area (Å²) in [6.45, 7) is 3.30. The number of hydrogen-bond donors (Lipinski definition) is 0. The van der Waals surface area contributed by atoms with Gasteiger partial charge >= 0.3 is 0 Å². The maximum Gasteiger partial charge on any atom is 0.255 e. The number of hydrogen-bond acceptors (Lipinski definition) is 5. The Morgan fingerprint density at radius 2 is 1.97 bits per heavy atom. The van der Waals surface area contributed by atoms with E-state index in [9.17, 15) is 9.18 Å². The lowest BCUT2D eigenvalue weighted by atomic mass is 9.97. The molecule has 1 atom stereocenters. The van der Waals surface area contributed by atoms with Crippen LogP contribution in [-0.2, 0) is 12.8 Å². The third-order valence-electron chi connectivity index (χ3n) is 6.20. The average molecular weight is 460 g/mol. The molecule has 0 bridgehead atoms. The number of nitrogens with zero attached hydrogens (tertiary/aromatic N) is 5. The van der Waals surface area contributed by atoms with Crippen molar-refractivity contribution in [2.45, 2.75) is 38.5 Å². The lowest BCUT2D eigenvalue weighted by molar-refractivity contribution is 0.0697. The van der Waals surface area contributed by atoms with Crippen molar-refractivity contribution in [1.82, 2.24) is 24.4 Å². The molecule has 0 saturated carbocycles. The van der Waals surface area contributed by atoms with Crippen molar-refractivity contribution >= 4 is 5.91 Å². The predicted octanol–water partition coefficient (Wildman–Crippen LogP) is 4.57. The summed E-state index contributed by atoms with van der Waals surface area (Å²) in [6.07, 6.45) is 10.1. The van der Waals surface area contributed by atoms with Gasteiger partial charge in [-0.25, -0.2) is 19.3 Å². The van der Waals surface area contributed by atoms with E-state index in [0.29, 0.717) is 31.0 Å². The average Bonchev–Trinajstić information content (AvgIpc) is 3.55. The molecular formula is C26H26FN5O2. The molecule has 3 aromatic heterocycles. The summed E-state index contributed by atoms with van der Waals surface area (Å²) in [5, 5.41) is 0. The zero-order chi connectivity index (χ0) is 23.5. The van der Waals surface area contributed by atoms with Crippen molar-refractivity contribution in [3.63, 3.8) is 0 Å². The quantitative estimate of drug-likeness (QED) is 0.422. The van der Waals surface area contributed by atoms with Gasteiger partial charge in [-0.1, -0.05) is 19.1 Å². The number of pyridine rings is 1. The van der Waals surface area contributed by atoms with Gasteiger partial charge in [-0.05, 0) is 42.7 Å². The Morgan fingerprint density at radius 3 is 2.74 bits per heavy atom. The molecular weight excluding hydrogens is 433 g/mol. The number of amides is 1. The third kappa shape index (κ3) is 4.62. The molecule has 0 aliphatic carbocycles. The number of rotatable bonds is 6. The van der Waals surface area contributed by atoms with Gasteiger partial charge in [-0.2, -0.15) is 0 Å². The summed E-state index contributed by atoms with van der Waals surface area (Å²) in [5.74, 6) is 2.80. The number of likely N-dealkylation sites (tertiary alicyclic amines) is 1. The van der Waals surface area contributed by atoms with Crippen LogP contribution in [0.15, 0.2) is 65.6 Å². The highest BCUT2D eigenvalue weighted by Crippen LogP contribution is 2.28. The van der Waals surface area contributed by atoms with E-state index in [1.54, 1.807) is 30.7 Å². The van der Waals surface area contributed by atoms with Gasteiger partial charge < -0.3 is 9.32 Å². The Kier molecular flexibility index (Phi) is 6.20. The number of carbonyl (C=O) groups is 1. The van der Waals surface area contributed by atoms with Crippen molar-refractivity contribution in [3.8, 4) is 5.82 Å². The van der Waals surface area contributed by atoms with E-state index in [0.717, 1.165) is 42.2 Å². The number of halogens is 1. The molecule has 0 radical (unpaired) electrons. The highest BCUT2D eigenvalue weighted by atomic mass is 19.1. The summed E-state index contributed by atoms with van der Waals surface area (Å²) < 4.78 is 21.1. The zero-order valence-corrected chi connectivity index (χ0v) is 19.0. The van der Waals surface area contributed by atoms with E-state index in [1.165, 1.54) is 12.1 Å². The zero-order valence-electron chi connectivity index (χ0n) is 19.0. The van der Waals surface area contributed by atoms with E-state index in [2.05, 4.69) is 15.0 Å². The van der Waals surface area contributed by atoms with Gasteiger partial charge in [0.2, 0.25) is 0 Å². The molecule has 7 nitrogen and oxygen atoms in total. The van der Waals surface area contributed by atoms with E-state index >= 15 is 0 Å². The number of carbonyl (C=O) groups excluding carboxylic acids is 1. The van der Waals surface area contributed by atoms with Crippen LogP contribution in [0, 0.1) is 5.82 Å². The van der Waals surface area contributed by atoms with Crippen LogP contribution in [0.1, 0.15) is 59.1 Å². The van der Waals surface area contributed by atoms with Crippen LogP contribution in [0.3, 0.4) is 0 Å². The first-order valence-electron chi connectivity index (χ1n) is 11.6. The Balaban J connectivity index is 1.25. The van der Waals surface area contributed by atoms with Crippen LogP contribution >= 0.6 is 0 Å². The van der Waals surface area contributed by atoms with Crippen molar-refractivity contribution in [2.75, 3.05) is 13.1 Å². The van der Waals surface area contributed by atoms with Crippen LogP contribution in [0.5, 0.6) is 0 Å². The molecule has 1 aliphatic rings. The van der Waals surface area contributed by atoms with Crippen LogP contribution in [0.4, 0.5) is 4.39 Å². The van der Waals surface area contributed by atoms with Gasteiger partial charge in [0.05, 0.1) is 17.7 Å². The third-order valence-corrected chi connectivity index (χ3v) is 6.20. The van der Waals surface area contributed by atoms with Crippen LogP contribution in [0.25, 0.3) is 5.82 Å². The molecule has 1 amide bonds. The molecule has 0 N–H and O–H groups in total. The minimum absolute atomic E-state index is 0.0387. The molecule has 0 spiro atoms. The second-order valence-corrected chi connectivity index (χ2v) is 8.53. The second-order valence-electron chi connectivity index (χ2n) is 8.53. The van der Waals surface area contributed by atoms with Gasteiger partial charge in [-0.3, -0.25) is 9.36 Å². The van der Waals surface area contributed by atoms with Gasteiger partial charge in [-0.15, -0.1) is 0 Å². The first-order valence-corrected chi connectivity index (χ1v) is 11.6. The number of aromatic nitrogens is 4. The highest BCUT2D eigenvalue weighted by Gasteiger charge is 2.28. The van der Waals surface area contributed by atoms with Gasteiger partial charge in [0.15, 0.2) is 5.89 Å². The molecule has 174 valence electrons. The van der Waals surface area contributed by atoms with Crippen LogP contribution in [-0.4, -0.2) is 43.4 Å². The molecule has 4 aromatic rings. The minimum atomic E-state index is -0.258. The predicted molar refractivity (Wildman–Crippen MR) is 124 cm³/mol. The summed E-state index contributed by atoms with van der Waals surface area (Å²) in [7, 11) is 0. The summed E-state index contributed by atoms with van der Waals surface area (Å²) in [4.78, 5) is 28.3. The Labute approximate surface area is 197 Å². The number of piperidine rings is 1. The lowest BCUT2D eigenvalue weighted by Crippen LogP contribution is -2.39. The number of oxazole rings is 1. The summed E-state index contributed by atoms with van der Waals surface area (Å²) in [6, 6.07) is 10.0. The maximum atomic E-state index is 13.2. The maximum absolute atomic E-state index is 13.2. The van der Waals surface area contributed by atoms with Gasteiger partial charge in [0.25, 0.3) is 5.91 Å². The second kappa shape index (κ2) is 9.59. The molecule has 1 aliphatic heterocycles. The fourth-order valence-electron chi connectivity index (χ4n) is 4.40. The first kappa shape index (κ1) is 22.0. The fraction of sp³-hybridized carbons (Fsp3) is 0.308. The summed E-state index contributed by atoms with van der Waals surface area (Å²) >= 11 is 0. The smallest absolute Gasteiger partial charge is 0.255 e. The molecule has 1 saturated heterocycles. The molecule has 8 heteroatoms. The number of benzene rings is 1. The molecule has 1 fully saturated rings. The Bertz CT molecular complexity index is 1260. The van der Waals surface area contributed by atoms with Crippen molar-refractivity contribution in [3.05, 3.63) is 95.6 Å². The van der Waals surface area contributed by atoms with E-state index in [4.69, 9.17) is 4.42 Å². The minimum Gasteiger partial charge on any atom is -0.445 e. The summed E-state index contributed by atoms with van der Waals surface area (Å²) in [5.41, 5.74) is 1.52. The highest BCUT2D eigenvalue weighted by molar-refractivity contribution is 5.94. The Morgan fingerprint density at radius 1 is 1.12 bits per heavy atom. The molecule has 34 heavy (non-hydrogen) atoms. The van der Waals surface area contributed by atoms with Crippen LogP contribution < -0.4 is 0 Å². The molecule has 4 heterocycles. The van der Waals surface area contributed by atoms with Crippen molar-refractivity contribution in [2.24, 2.45) is 0 Å². The van der Waals surface area contributed by atoms with Gasteiger partial charge in [0.1, 0.15) is 23.2 Å². The largest absolute Gasteiger partial charge is 0.445 e. The monoisotopic (exact) mass is 459 g/mol. The van der Waals surface area contributed by atoms with Gasteiger partial charge in [0, 0.05) is 44.5 Å². The normalized spacial score (nSPS) is 16.1. The molecule has 0 unspecified atom stereocenters. The standard InChI is InChI=1S/C26H26FN5O2/c1-2-23-28-11-13-32(23)24-10-7-19(15-29-24)26(33)31-12-3-4-20(17-31)25-30-16-22(34-25)14-18-5-8-21(27)9-6-18/h5-11,13,15-16,20H,2-4,12,14,17H2,1H3/t20-/m1/s1. The first-order chi connectivity index (χ1) is 16.6. The fourth-order valence-corrected chi connectivity index (χ4v) is 4.40. The van der Waals surface area contributed by atoms with Crippen molar-refractivity contribution < 1.29 is 13.6 Å². The van der Waals surface area contributed by atoms with Crippen LogP contribution in [0.2, 0.25) is 0 Å².